The number of nitrogens with zero attached hydrogens (tertiary/aromatic N) is 1. The van der Waals surface area contributed by atoms with E-state index in [4.69, 9.17) is 0 Å². The average Bonchev–Trinajstić information content (AvgIpc) is 2.64. The molecule has 0 spiro atoms. The van der Waals surface area contributed by atoms with Crippen molar-refractivity contribution in [2.45, 2.75) is 33.1 Å². The van der Waals surface area contributed by atoms with Crippen LogP contribution in [0.4, 0.5) is 10.1 Å². The summed E-state index contributed by atoms with van der Waals surface area (Å²) < 4.78 is 18.3. The number of esters is 1. The molecule has 0 bridgehead atoms. The van der Waals surface area contributed by atoms with Gasteiger partial charge in [0.05, 0.1) is 7.11 Å². The van der Waals surface area contributed by atoms with E-state index in [0.29, 0.717) is 0 Å². The van der Waals surface area contributed by atoms with Gasteiger partial charge in [-0.25, -0.2) is 4.39 Å². The standard InChI is InChI=1S/C21H23FN2O4/c1-21(2)8-7-17-13(11-21)9-16(19(26)23-17)20(27)24(12-18(25)28-3)15-6-4-5-14(22)10-15/h4-6,9-10H,7-8,11-12H2,1-3H3,(H,23,26). The Kier molecular flexibility index (Phi) is 5.36. The molecule has 0 saturated carbocycles. The number of rotatable bonds is 4. The van der Waals surface area contributed by atoms with Crippen LogP contribution in [0.2, 0.25) is 0 Å². The van der Waals surface area contributed by atoms with Gasteiger partial charge < -0.3 is 9.72 Å². The molecule has 1 N–H and O–H groups in total. The molecule has 1 amide bonds. The summed E-state index contributed by atoms with van der Waals surface area (Å²) >= 11 is 0. The van der Waals surface area contributed by atoms with Gasteiger partial charge in [0, 0.05) is 11.4 Å². The molecule has 6 nitrogen and oxygen atoms in total. The molecule has 148 valence electrons. The van der Waals surface area contributed by atoms with Crippen LogP contribution in [0.25, 0.3) is 0 Å². The van der Waals surface area contributed by atoms with Gasteiger partial charge >= 0.3 is 5.97 Å². The molecular weight excluding hydrogens is 363 g/mol. The summed E-state index contributed by atoms with van der Waals surface area (Å²) in [7, 11) is 1.20. The highest BCUT2D eigenvalue weighted by molar-refractivity contribution is 6.08. The SMILES string of the molecule is COC(=O)CN(C(=O)c1cc2c([nH]c1=O)CCC(C)(C)C2)c1cccc(F)c1. The van der Waals surface area contributed by atoms with Crippen LogP contribution in [0.15, 0.2) is 35.1 Å². The quantitative estimate of drug-likeness (QED) is 0.820. The van der Waals surface area contributed by atoms with E-state index in [1.807, 2.05) is 0 Å². The van der Waals surface area contributed by atoms with Crippen molar-refractivity contribution in [2.24, 2.45) is 5.41 Å². The summed E-state index contributed by atoms with van der Waals surface area (Å²) in [6, 6.07) is 6.90. The van der Waals surface area contributed by atoms with Crippen molar-refractivity contribution >= 4 is 17.6 Å². The molecule has 3 rings (SSSR count). The second-order valence-corrected chi connectivity index (χ2v) is 7.80. The van der Waals surface area contributed by atoms with E-state index in [9.17, 15) is 18.8 Å². The fourth-order valence-electron chi connectivity index (χ4n) is 3.48. The second-order valence-electron chi connectivity index (χ2n) is 7.80. The zero-order chi connectivity index (χ0) is 20.5. The highest BCUT2D eigenvalue weighted by Gasteiger charge is 2.29. The lowest BCUT2D eigenvalue weighted by molar-refractivity contribution is -0.138. The number of anilines is 1. The molecule has 1 aliphatic rings. The number of hydrogen-bond donors (Lipinski definition) is 1. The summed E-state index contributed by atoms with van der Waals surface area (Å²) in [5.41, 5.74) is 1.40. The van der Waals surface area contributed by atoms with Gasteiger partial charge in [-0.1, -0.05) is 19.9 Å². The van der Waals surface area contributed by atoms with Crippen molar-refractivity contribution in [3.8, 4) is 0 Å². The zero-order valence-corrected chi connectivity index (χ0v) is 16.2. The number of aryl methyl sites for hydroxylation is 1. The van der Waals surface area contributed by atoms with Gasteiger partial charge in [-0.3, -0.25) is 19.3 Å². The van der Waals surface area contributed by atoms with E-state index in [1.165, 1.54) is 25.3 Å². The van der Waals surface area contributed by atoms with Crippen molar-refractivity contribution in [2.75, 3.05) is 18.6 Å². The minimum Gasteiger partial charge on any atom is -0.468 e. The number of hydrogen-bond acceptors (Lipinski definition) is 4. The van der Waals surface area contributed by atoms with E-state index in [2.05, 4.69) is 23.6 Å². The minimum atomic E-state index is -0.677. The van der Waals surface area contributed by atoms with E-state index in [-0.39, 0.29) is 16.7 Å². The predicted octanol–water partition coefficient (Wildman–Crippen LogP) is 2.85. The third-order valence-electron chi connectivity index (χ3n) is 5.05. The van der Waals surface area contributed by atoms with Crippen LogP contribution in [0.5, 0.6) is 0 Å². The number of pyridine rings is 1. The molecule has 0 fully saturated rings. The molecule has 1 aromatic heterocycles. The molecule has 0 aliphatic heterocycles. The third kappa shape index (κ3) is 4.13. The van der Waals surface area contributed by atoms with Gasteiger partial charge in [-0.15, -0.1) is 0 Å². The second kappa shape index (κ2) is 7.58. The first-order valence-corrected chi connectivity index (χ1v) is 9.09. The van der Waals surface area contributed by atoms with Gasteiger partial charge in [0.1, 0.15) is 17.9 Å². The fourth-order valence-corrected chi connectivity index (χ4v) is 3.48. The number of carbonyl (C=O) groups excluding carboxylic acids is 2. The predicted molar refractivity (Wildman–Crippen MR) is 103 cm³/mol. The maximum atomic E-state index is 13.7. The molecule has 0 saturated heterocycles. The number of amides is 1. The Bertz CT molecular complexity index is 981. The first-order valence-electron chi connectivity index (χ1n) is 9.09. The fraction of sp³-hybridized carbons (Fsp3) is 0.381. The van der Waals surface area contributed by atoms with E-state index in [0.717, 1.165) is 41.5 Å². The number of aromatic nitrogens is 1. The average molecular weight is 386 g/mol. The zero-order valence-electron chi connectivity index (χ0n) is 16.2. The topological polar surface area (TPSA) is 79.5 Å². The Morgan fingerprint density at radius 1 is 1.29 bits per heavy atom. The molecule has 0 atom stereocenters. The van der Waals surface area contributed by atoms with E-state index in [1.54, 1.807) is 6.07 Å². The smallest absolute Gasteiger partial charge is 0.325 e. The Morgan fingerprint density at radius 3 is 2.71 bits per heavy atom. The van der Waals surface area contributed by atoms with Gasteiger partial charge in [0.2, 0.25) is 0 Å². The summed E-state index contributed by atoms with van der Waals surface area (Å²) in [6.07, 6.45) is 2.42. The number of fused-ring (bicyclic) bond motifs is 1. The van der Waals surface area contributed by atoms with Crippen LogP contribution in [0.3, 0.4) is 0 Å². The maximum absolute atomic E-state index is 13.7. The van der Waals surface area contributed by atoms with Crippen LogP contribution >= 0.6 is 0 Å². The monoisotopic (exact) mass is 386 g/mol. The largest absolute Gasteiger partial charge is 0.468 e. The normalized spacial score (nSPS) is 14.9. The highest BCUT2D eigenvalue weighted by Crippen LogP contribution is 2.33. The number of methoxy groups -OCH3 is 1. The number of benzene rings is 1. The number of carbonyl (C=O) groups is 2. The number of ether oxygens (including phenoxy) is 1. The van der Waals surface area contributed by atoms with Gasteiger partial charge in [0.25, 0.3) is 11.5 Å². The number of halogens is 1. The molecule has 0 unspecified atom stereocenters. The Labute approximate surface area is 162 Å². The Morgan fingerprint density at radius 2 is 2.04 bits per heavy atom. The maximum Gasteiger partial charge on any atom is 0.325 e. The van der Waals surface area contributed by atoms with Crippen LogP contribution in [0.1, 0.15) is 41.9 Å². The van der Waals surface area contributed by atoms with E-state index < -0.39 is 29.8 Å². The molecule has 2 aromatic rings. The van der Waals surface area contributed by atoms with Crippen LogP contribution < -0.4 is 10.5 Å². The summed E-state index contributed by atoms with van der Waals surface area (Å²) in [6.45, 7) is 3.85. The first-order chi connectivity index (χ1) is 13.2. The van der Waals surface area contributed by atoms with Crippen LogP contribution in [0, 0.1) is 11.2 Å². The molecule has 1 aliphatic carbocycles. The van der Waals surface area contributed by atoms with Gasteiger partial charge in [-0.05, 0) is 54.5 Å². The van der Waals surface area contributed by atoms with Crippen LogP contribution in [-0.2, 0) is 22.4 Å². The third-order valence-corrected chi connectivity index (χ3v) is 5.05. The molecule has 1 heterocycles. The summed E-state index contributed by atoms with van der Waals surface area (Å²) in [4.78, 5) is 41.4. The Hall–Kier alpha value is -2.96. The number of aromatic amines is 1. The molecule has 0 radical (unpaired) electrons. The minimum absolute atomic E-state index is 0.0693. The van der Waals surface area contributed by atoms with Crippen molar-refractivity contribution in [1.29, 1.82) is 0 Å². The van der Waals surface area contributed by atoms with Crippen molar-refractivity contribution in [3.63, 3.8) is 0 Å². The van der Waals surface area contributed by atoms with Gasteiger partial charge in [0.15, 0.2) is 0 Å². The van der Waals surface area contributed by atoms with Crippen molar-refractivity contribution in [1.82, 2.24) is 4.98 Å². The summed E-state index contributed by atoms with van der Waals surface area (Å²) in [5, 5.41) is 0. The number of H-pyrrole nitrogens is 1. The lowest BCUT2D eigenvalue weighted by atomic mass is 9.76. The molecule has 1 aromatic carbocycles. The Balaban J connectivity index is 2.03. The highest BCUT2D eigenvalue weighted by atomic mass is 19.1. The first kappa shape index (κ1) is 19.8. The molecule has 28 heavy (non-hydrogen) atoms. The molecule has 7 heteroatoms. The molecular formula is C21H23FN2O4. The van der Waals surface area contributed by atoms with Crippen LogP contribution in [-0.4, -0.2) is 30.5 Å². The van der Waals surface area contributed by atoms with E-state index >= 15 is 0 Å². The number of nitrogens with one attached hydrogen (secondary N) is 1. The lowest BCUT2D eigenvalue weighted by Gasteiger charge is -2.31. The van der Waals surface area contributed by atoms with Gasteiger partial charge in [-0.2, -0.15) is 0 Å². The summed E-state index contributed by atoms with van der Waals surface area (Å²) in [5.74, 6) is -1.90. The van der Waals surface area contributed by atoms with Crippen molar-refractivity contribution < 1.29 is 18.7 Å². The van der Waals surface area contributed by atoms with Crippen molar-refractivity contribution in [3.05, 3.63) is 63.3 Å². The lowest BCUT2D eigenvalue weighted by Crippen LogP contribution is -2.39.